The molecule has 168 valence electrons. The van der Waals surface area contributed by atoms with Gasteiger partial charge in [-0.2, -0.15) is 4.31 Å². The Balaban J connectivity index is 1.42. The van der Waals surface area contributed by atoms with Crippen LogP contribution in [0.1, 0.15) is 66.1 Å². The molecular formula is C22H31N5O3S. The van der Waals surface area contributed by atoms with Gasteiger partial charge in [0.25, 0.3) is 5.91 Å². The Kier molecular flexibility index (Phi) is 6.71. The van der Waals surface area contributed by atoms with Crippen LogP contribution in [0.3, 0.4) is 0 Å². The summed E-state index contributed by atoms with van der Waals surface area (Å²) in [6.07, 6.45) is 7.85. The number of rotatable bonds is 6. The van der Waals surface area contributed by atoms with E-state index in [1.165, 1.54) is 16.8 Å². The lowest BCUT2D eigenvalue weighted by molar-refractivity contribution is 0.0953. The number of carbonyl (C=O) groups is 1. The zero-order valence-electron chi connectivity index (χ0n) is 18.1. The second-order valence-corrected chi connectivity index (χ2v) is 10.4. The van der Waals surface area contributed by atoms with Gasteiger partial charge in [0.05, 0.1) is 4.90 Å². The number of fused-ring (bicyclic) bond motifs is 1. The molecule has 1 saturated heterocycles. The summed E-state index contributed by atoms with van der Waals surface area (Å²) in [6.45, 7) is 4.22. The van der Waals surface area contributed by atoms with Gasteiger partial charge in [-0.1, -0.05) is 18.9 Å². The Morgan fingerprint density at radius 3 is 2.58 bits per heavy atom. The topological polar surface area (TPSA) is 97.2 Å². The number of aryl methyl sites for hydroxylation is 2. The number of nitrogens with zero attached hydrogens (tertiary/aromatic N) is 4. The number of nitrogens with one attached hydrogen (secondary N) is 1. The van der Waals surface area contributed by atoms with E-state index in [0.29, 0.717) is 37.2 Å². The first kappa shape index (κ1) is 22.0. The Labute approximate surface area is 184 Å². The number of sulfonamides is 1. The fraction of sp³-hybridized carbons (Fsp3) is 0.591. The second kappa shape index (κ2) is 9.48. The molecule has 0 atom stereocenters. The van der Waals surface area contributed by atoms with Gasteiger partial charge in [-0.25, -0.2) is 8.42 Å². The zero-order chi connectivity index (χ0) is 21.8. The van der Waals surface area contributed by atoms with Crippen LogP contribution in [0.2, 0.25) is 0 Å². The van der Waals surface area contributed by atoms with E-state index >= 15 is 0 Å². The van der Waals surface area contributed by atoms with Crippen molar-refractivity contribution in [3.8, 4) is 0 Å². The highest BCUT2D eigenvalue weighted by Gasteiger charge is 2.28. The summed E-state index contributed by atoms with van der Waals surface area (Å²) in [5.74, 6) is 1.66. The van der Waals surface area contributed by atoms with E-state index in [4.69, 9.17) is 0 Å². The van der Waals surface area contributed by atoms with Gasteiger partial charge >= 0.3 is 0 Å². The van der Waals surface area contributed by atoms with E-state index in [1.807, 2.05) is 0 Å². The predicted molar refractivity (Wildman–Crippen MR) is 117 cm³/mol. The van der Waals surface area contributed by atoms with Crippen molar-refractivity contribution in [1.29, 1.82) is 0 Å². The zero-order valence-corrected chi connectivity index (χ0v) is 19.0. The first-order chi connectivity index (χ1) is 15.0. The normalized spacial score (nSPS) is 17.7. The number of amides is 1. The molecule has 31 heavy (non-hydrogen) atoms. The van der Waals surface area contributed by atoms with Gasteiger partial charge in [-0.15, -0.1) is 10.2 Å². The smallest absolute Gasteiger partial charge is 0.251 e. The van der Waals surface area contributed by atoms with Crippen LogP contribution in [0.5, 0.6) is 0 Å². The molecule has 0 aliphatic carbocycles. The summed E-state index contributed by atoms with van der Waals surface area (Å²) >= 11 is 0. The van der Waals surface area contributed by atoms with E-state index in [1.54, 1.807) is 19.1 Å². The number of hydrogen-bond donors (Lipinski definition) is 1. The summed E-state index contributed by atoms with van der Waals surface area (Å²) < 4.78 is 29.9. The third-order valence-corrected chi connectivity index (χ3v) is 8.24. The maximum atomic E-state index is 13.1. The van der Waals surface area contributed by atoms with Crippen molar-refractivity contribution < 1.29 is 13.2 Å². The maximum absolute atomic E-state index is 13.1. The van der Waals surface area contributed by atoms with E-state index in [9.17, 15) is 13.2 Å². The number of piperidine rings is 1. The minimum atomic E-state index is -3.59. The van der Waals surface area contributed by atoms with Gasteiger partial charge in [0, 0.05) is 44.6 Å². The lowest BCUT2D eigenvalue weighted by Gasteiger charge is -2.26. The van der Waals surface area contributed by atoms with E-state index in [-0.39, 0.29) is 10.8 Å². The highest BCUT2D eigenvalue weighted by Crippen LogP contribution is 2.24. The largest absolute Gasteiger partial charge is 0.352 e. The standard InChI is InChI=1S/C22H31N5O3S/c1-17-9-10-18(16-19(17)31(29,30)26-13-5-3-6-14-26)22(28)23-12-11-21-25-24-20-8-4-2-7-15-27(20)21/h9-10,16H,2-8,11-15H2,1H3,(H,23,28). The third-order valence-electron chi connectivity index (χ3n) is 6.20. The number of aromatic nitrogens is 3. The van der Waals surface area contributed by atoms with Gasteiger partial charge in [-0.3, -0.25) is 4.79 Å². The molecule has 0 unspecified atom stereocenters. The third kappa shape index (κ3) is 4.82. The molecule has 0 radical (unpaired) electrons. The van der Waals surface area contributed by atoms with Crippen LogP contribution in [0.25, 0.3) is 0 Å². The number of hydrogen-bond acceptors (Lipinski definition) is 5. The van der Waals surface area contributed by atoms with Crippen molar-refractivity contribution in [2.24, 2.45) is 0 Å². The van der Waals surface area contributed by atoms with Crippen molar-refractivity contribution in [2.75, 3.05) is 19.6 Å². The lowest BCUT2D eigenvalue weighted by atomic mass is 10.1. The molecule has 8 nitrogen and oxygen atoms in total. The van der Waals surface area contributed by atoms with Gasteiger partial charge < -0.3 is 9.88 Å². The average Bonchev–Trinajstić information content (AvgIpc) is 3.00. The fourth-order valence-corrected chi connectivity index (χ4v) is 6.15. The molecule has 2 aromatic rings. The quantitative estimate of drug-likeness (QED) is 0.737. The molecule has 2 aliphatic heterocycles. The second-order valence-electron chi connectivity index (χ2n) is 8.45. The summed E-state index contributed by atoms with van der Waals surface area (Å²) in [6, 6.07) is 4.91. The van der Waals surface area contributed by atoms with Crippen molar-refractivity contribution in [2.45, 2.75) is 69.7 Å². The molecule has 0 spiro atoms. The number of carbonyl (C=O) groups excluding carboxylic acids is 1. The number of benzene rings is 1. The molecule has 1 aromatic carbocycles. The van der Waals surface area contributed by atoms with Crippen LogP contribution < -0.4 is 5.32 Å². The molecule has 1 amide bonds. The molecule has 1 fully saturated rings. The van der Waals surface area contributed by atoms with E-state index < -0.39 is 10.0 Å². The highest BCUT2D eigenvalue weighted by molar-refractivity contribution is 7.89. The Morgan fingerprint density at radius 1 is 1.03 bits per heavy atom. The van der Waals surface area contributed by atoms with E-state index in [2.05, 4.69) is 20.1 Å². The fourth-order valence-electron chi connectivity index (χ4n) is 4.38. The Morgan fingerprint density at radius 2 is 1.77 bits per heavy atom. The van der Waals surface area contributed by atoms with Crippen LogP contribution in [-0.2, 0) is 29.4 Å². The Bertz CT molecular complexity index is 1040. The molecular weight excluding hydrogens is 414 g/mol. The van der Waals surface area contributed by atoms with Crippen LogP contribution in [-0.4, -0.2) is 53.0 Å². The van der Waals surface area contributed by atoms with Gasteiger partial charge in [0.2, 0.25) is 10.0 Å². The first-order valence-electron chi connectivity index (χ1n) is 11.3. The molecule has 0 bridgehead atoms. The summed E-state index contributed by atoms with van der Waals surface area (Å²) in [4.78, 5) is 12.9. The molecule has 0 saturated carbocycles. The first-order valence-corrected chi connectivity index (χ1v) is 12.7. The van der Waals surface area contributed by atoms with Crippen LogP contribution in [0.15, 0.2) is 23.1 Å². The van der Waals surface area contributed by atoms with Crippen LogP contribution >= 0.6 is 0 Å². The van der Waals surface area contributed by atoms with Crippen LogP contribution in [0, 0.1) is 6.92 Å². The molecule has 2 aliphatic rings. The Hall–Kier alpha value is -2.26. The average molecular weight is 446 g/mol. The molecule has 1 N–H and O–H groups in total. The summed E-state index contributed by atoms with van der Waals surface area (Å²) in [7, 11) is -3.59. The van der Waals surface area contributed by atoms with Gasteiger partial charge in [0.15, 0.2) is 0 Å². The van der Waals surface area contributed by atoms with E-state index in [0.717, 1.165) is 56.7 Å². The van der Waals surface area contributed by atoms with Gasteiger partial charge in [0.1, 0.15) is 11.6 Å². The van der Waals surface area contributed by atoms with Crippen molar-refractivity contribution in [1.82, 2.24) is 24.4 Å². The molecule has 9 heteroatoms. The minimum Gasteiger partial charge on any atom is -0.352 e. The minimum absolute atomic E-state index is 0.227. The van der Waals surface area contributed by atoms with Crippen molar-refractivity contribution in [3.63, 3.8) is 0 Å². The lowest BCUT2D eigenvalue weighted by Crippen LogP contribution is -2.36. The molecule has 3 heterocycles. The predicted octanol–water partition coefficient (Wildman–Crippen LogP) is 2.46. The summed E-state index contributed by atoms with van der Waals surface area (Å²) in [5.41, 5.74) is 1.02. The van der Waals surface area contributed by atoms with Crippen molar-refractivity contribution in [3.05, 3.63) is 41.0 Å². The summed E-state index contributed by atoms with van der Waals surface area (Å²) in [5, 5.41) is 11.5. The monoisotopic (exact) mass is 445 g/mol. The van der Waals surface area contributed by atoms with Crippen LogP contribution in [0.4, 0.5) is 0 Å². The molecule has 1 aromatic heterocycles. The highest BCUT2D eigenvalue weighted by atomic mass is 32.2. The van der Waals surface area contributed by atoms with Crippen molar-refractivity contribution >= 4 is 15.9 Å². The SMILES string of the molecule is Cc1ccc(C(=O)NCCc2nnc3n2CCCCC3)cc1S(=O)(=O)N1CCCCC1. The maximum Gasteiger partial charge on any atom is 0.251 e. The van der Waals surface area contributed by atoms with Gasteiger partial charge in [-0.05, 0) is 50.3 Å². The molecule has 4 rings (SSSR count).